The second kappa shape index (κ2) is 12.3. The Morgan fingerprint density at radius 1 is 0.757 bits per heavy atom. The number of amides is 2. The Balaban J connectivity index is 1.53. The maximum atomic E-state index is 13.7. The average Bonchev–Trinajstić information content (AvgIpc) is 3.34. The van der Waals surface area contributed by atoms with E-state index in [9.17, 15) is 9.59 Å². The van der Waals surface area contributed by atoms with Gasteiger partial charge in [0.1, 0.15) is 6.54 Å². The second-order valence-corrected chi connectivity index (χ2v) is 9.57. The van der Waals surface area contributed by atoms with E-state index in [0.29, 0.717) is 26.1 Å². The molecule has 6 heteroatoms. The van der Waals surface area contributed by atoms with Gasteiger partial charge in [-0.3, -0.25) is 9.59 Å². The third-order valence-corrected chi connectivity index (χ3v) is 6.70. The molecule has 0 fully saturated rings. The van der Waals surface area contributed by atoms with Crippen LogP contribution in [0.5, 0.6) is 0 Å². The van der Waals surface area contributed by atoms with Crippen molar-refractivity contribution in [3.8, 4) is 0 Å². The number of carbonyl (C=O) groups is 2. The standard InChI is InChI=1S/C31H36N4O2/c1-4-30(36)35(22-24-10-6-5-7-11-24)23-31(37)34(21-25-14-16-27(17-15-25)33(2)3)19-18-26-20-32-29-13-9-8-12-28(26)29/h5-17,20,32H,4,18-19,21-23H2,1-3H3. The minimum absolute atomic E-state index is 0.0240. The molecule has 192 valence electrons. The molecule has 0 spiro atoms. The predicted molar refractivity (Wildman–Crippen MR) is 150 cm³/mol. The summed E-state index contributed by atoms with van der Waals surface area (Å²) >= 11 is 0. The van der Waals surface area contributed by atoms with Gasteiger partial charge < -0.3 is 19.7 Å². The Morgan fingerprint density at radius 3 is 2.11 bits per heavy atom. The number of hydrogen-bond acceptors (Lipinski definition) is 3. The van der Waals surface area contributed by atoms with Crippen molar-refractivity contribution in [3.63, 3.8) is 0 Å². The lowest BCUT2D eigenvalue weighted by Crippen LogP contribution is -2.43. The fraction of sp³-hybridized carbons (Fsp3) is 0.290. The number of anilines is 1. The summed E-state index contributed by atoms with van der Waals surface area (Å²) in [5.41, 5.74) is 5.47. The molecular formula is C31H36N4O2. The van der Waals surface area contributed by atoms with E-state index in [-0.39, 0.29) is 18.4 Å². The van der Waals surface area contributed by atoms with Gasteiger partial charge in [-0.2, -0.15) is 0 Å². The first-order valence-corrected chi connectivity index (χ1v) is 12.9. The number of hydrogen-bond donors (Lipinski definition) is 1. The van der Waals surface area contributed by atoms with Gasteiger partial charge >= 0.3 is 0 Å². The van der Waals surface area contributed by atoms with E-state index < -0.39 is 0 Å². The SMILES string of the molecule is CCC(=O)N(CC(=O)N(CCc1c[nH]c2ccccc12)Cc1ccc(N(C)C)cc1)Cc1ccccc1. The van der Waals surface area contributed by atoms with Gasteiger partial charge in [-0.05, 0) is 41.3 Å². The largest absolute Gasteiger partial charge is 0.378 e. The molecule has 37 heavy (non-hydrogen) atoms. The van der Waals surface area contributed by atoms with Gasteiger partial charge in [-0.1, -0.05) is 67.6 Å². The van der Waals surface area contributed by atoms with Crippen LogP contribution in [0.2, 0.25) is 0 Å². The smallest absolute Gasteiger partial charge is 0.242 e. The topological polar surface area (TPSA) is 59.7 Å². The Labute approximate surface area is 219 Å². The zero-order valence-corrected chi connectivity index (χ0v) is 22.0. The summed E-state index contributed by atoms with van der Waals surface area (Å²) in [5.74, 6) is -0.0709. The molecule has 0 aliphatic heterocycles. The summed E-state index contributed by atoms with van der Waals surface area (Å²) in [6.07, 6.45) is 3.12. The third-order valence-electron chi connectivity index (χ3n) is 6.70. The molecule has 0 saturated carbocycles. The van der Waals surface area contributed by atoms with E-state index in [1.165, 1.54) is 10.9 Å². The first-order chi connectivity index (χ1) is 17.9. The zero-order chi connectivity index (χ0) is 26.2. The van der Waals surface area contributed by atoms with Crippen LogP contribution in [0.3, 0.4) is 0 Å². The van der Waals surface area contributed by atoms with Crippen molar-refractivity contribution >= 4 is 28.4 Å². The van der Waals surface area contributed by atoms with Crippen LogP contribution in [-0.2, 0) is 29.1 Å². The van der Waals surface area contributed by atoms with Gasteiger partial charge in [0.15, 0.2) is 0 Å². The van der Waals surface area contributed by atoms with Crippen molar-refractivity contribution in [3.05, 3.63) is 102 Å². The van der Waals surface area contributed by atoms with E-state index in [1.54, 1.807) is 4.90 Å². The summed E-state index contributed by atoms with van der Waals surface area (Å²) in [4.78, 5) is 35.4. The first kappa shape index (κ1) is 26.0. The number of carbonyl (C=O) groups excluding carboxylic acids is 2. The number of nitrogens with one attached hydrogen (secondary N) is 1. The number of fused-ring (bicyclic) bond motifs is 1. The molecule has 0 bridgehead atoms. The number of rotatable bonds is 11. The molecule has 2 amide bonds. The number of nitrogens with zero attached hydrogens (tertiary/aromatic N) is 3. The fourth-order valence-electron chi connectivity index (χ4n) is 4.53. The summed E-state index contributed by atoms with van der Waals surface area (Å²) < 4.78 is 0. The fourth-order valence-corrected chi connectivity index (χ4v) is 4.53. The molecule has 1 N–H and O–H groups in total. The highest BCUT2D eigenvalue weighted by Crippen LogP contribution is 2.20. The maximum absolute atomic E-state index is 13.7. The van der Waals surface area contributed by atoms with E-state index >= 15 is 0 Å². The Morgan fingerprint density at radius 2 is 1.41 bits per heavy atom. The van der Waals surface area contributed by atoms with Crippen LogP contribution < -0.4 is 4.90 Å². The third kappa shape index (κ3) is 6.79. The van der Waals surface area contributed by atoms with E-state index in [1.807, 2.05) is 74.6 Å². The molecular weight excluding hydrogens is 460 g/mol. The number of aromatic nitrogens is 1. The molecule has 0 saturated heterocycles. The number of aromatic amines is 1. The predicted octanol–water partition coefficient (Wildman–Crippen LogP) is 5.24. The van der Waals surface area contributed by atoms with Crippen molar-refractivity contribution in [2.75, 3.05) is 32.1 Å². The van der Waals surface area contributed by atoms with Gasteiger partial charge in [0, 0.05) is 62.9 Å². The number of benzene rings is 3. The second-order valence-electron chi connectivity index (χ2n) is 9.57. The van der Waals surface area contributed by atoms with Crippen molar-refractivity contribution in [2.24, 2.45) is 0 Å². The molecule has 0 aliphatic rings. The average molecular weight is 497 g/mol. The minimum atomic E-state index is -0.0470. The van der Waals surface area contributed by atoms with E-state index in [2.05, 4.69) is 46.3 Å². The van der Waals surface area contributed by atoms with E-state index in [0.717, 1.165) is 28.8 Å². The molecule has 0 unspecified atom stereocenters. The molecule has 4 aromatic rings. The first-order valence-electron chi connectivity index (χ1n) is 12.9. The van der Waals surface area contributed by atoms with Crippen LogP contribution in [0.25, 0.3) is 10.9 Å². The molecule has 3 aromatic carbocycles. The van der Waals surface area contributed by atoms with Crippen LogP contribution in [0.15, 0.2) is 85.1 Å². The monoisotopic (exact) mass is 496 g/mol. The molecule has 0 aliphatic carbocycles. The van der Waals surface area contributed by atoms with Crippen LogP contribution >= 0.6 is 0 Å². The summed E-state index contributed by atoms with van der Waals surface area (Å²) in [5, 5.41) is 1.18. The summed E-state index contributed by atoms with van der Waals surface area (Å²) in [6.45, 7) is 3.38. The Kier molecular flexibility index (Phi) is 8.62. The lowest BCUT2D eigenvalue weighted by Gasteiger charge is -2.28. The summed E-state index contributed by atoms with van der Waals surface area (Å²) in [6, 6.07) is 26.3. The number of para-hydroxylation sites is 1. The molecule has 0 atom stereocenters. The maximum Gasteiger partial charge on any atom is 0.242 e. The van der Waals surface area contributed by atoms with Gasteiger partial charge in [0.05, 0.1) is 0 Å². The molecule has 4 rings (SSSR count). The van der Waals surface area contributed by atoms with Gasteiger partial charge in [0.25, 0.3) is 0 Å². The van der Waals surface area contributed by atoms with Gasteiger partial charge in [0.2, 0.25) is 11.8 Å². The highest BCUT2D eigenvalue weighted by atomic mass is 16.2. The lowest BCUT2D eigenvalue weighted by atomic mass is 10.1. The molecule has 1 heterocycles. The van der Waals surface area contributed by atoms with Crippen LogP contribution in [0, 0.1) is 0 Å². The van der Waals surface area contributed by atoms with Crippen molar-refractivity contribution < 1.29 is 9.59 Å². The zero-order valence-electron chi connectivity index (χ0n) is 22.0. The lowest BCUT2D eigenvalue weighted by molar-refractivity contribution is -0.141. The van der Waals surface area contributed by atoms with Crippen molar-refractivity contribution in [1.82, 2.24) is 14.8 Å². The van der Waals surface area contributed by atoms with Crippen LogP contribution in [0.1, 0.15) is 30.0 Å². The Hall–Kier alpha value is -4.06. The molecule has 6 nitrogen and oxygen atoms in total. The molecule has 0 radical (unpaired) electrons. The summed E-state index contributed by atoms with van der Waals surface area (Å²) in [7, 11) is 4.02. The minimum Gasteiger partial charge on any atom is -0.378 e. The van der Waals surface area contributed by atoms with Crippen molar-refractivity contribution in [1.29, 1.82) is 0 Å². The number of H-pyrrole nitrogens is 1. The van der Waals surface area contributed by atoms with Crippen LogP contribution in [0.4, 0.5) is 5.69 Å². The van der Waals surface area contributed by atoms with Gasteiger partial charge in [-0.25, -0.2) is 0 Å². The quantitative estimate of drug-likeness (QED) is 0.309. The normalized spacial score (nSPS) is 10.9. The highest BCUT2D eigenvalue weighted by Gasteiger charge is 2.21. The van der Waals surface area contributed by atoms with E-state index in [4.69, 9.17) is 0 Å². The van der Waals surface area contributed by atoms with Crippen LogP contribution in [-0.4, -0.2) is 53.8 Å². The highest BCUT2D eigenvalue weighted by molar-refractivity contribution is 5.85. The van der Waals surface area contributed by atoms with Crippen molar-refractivity contribution in [2.45, 2.75) is 32.9 Å². The molecule has 1 aromatic heterocycles. The van der Waals surface area contributed by atoms with Gasteiger partial charge in [-0.15, -0.1) is 0 Å². The Bertz CT molecular complexity index is 1310.